The van der Waals surface area contributed by atoms with Crippen molar-refractivity contribution in [1.82, 2.24) is 0 Å². The number of carbonyl (C=O) groups excluding carboxylic acids is 1. The van der Waals surface area contributed by atoms with Gasteiger partial charge < -0.3 is 19.9 Å². The summed E-state index contributed by atoms with van der Waals surface area (Å²) in [5.74, 6) is 0.299. The number of aliphatic carboxylic acids is 1. The molecule has 0 aliphatic rings. The lowest BCUT2D eigenvalue weighted by atomic mass is 10.1. The van der Waals surface area contributed by atoms with Gasteiger partial charge in [-0.2, -0.15) is 0 Å². The zero-order valence-electron chi connectivity index (χ0n) is 14.2. The van der Waals surface area contributed by atoms with Crippen LogP contribution in [0.25, 0.3) is 0 Å². The molecule has 0 heterocycles. The largest absolute Gasteiger partial charge is 0.497 e. The van der Waals surface area contributed by atoms with E-state index in [-0.39, 0.29) is 12.3 Å². The second-order valence-corrected chi connectivity index (χ2v) is 5.51. The number of carbonyl (C=O) groups is 2. The molecule has 0 saturated carbocycles. The molecule has 0 unspecified atom stereocenters. The Morgan fingerprint density at radius 3 is 2.36 bits per heavy atom. The molecule has 25 heavy (non-hydrogen) atoms. The van der Waals surface area contributed by atoms with E-state index in [4.69, 9.17) is 14.6 Å². The van der Waals surface area contributed by atoms with Crippen LogP contribution in [0.2, 0.25) is 0 Å². The summed E-state index contributed by atoms with van der Waals surface area (Å²) in [5.41, 5.74) is 2.06. The highest BCUT2D eigenvalue weighted by atomic mass is 16.5. The molecular formula is C19H21NO5. The van der Waals surface area contributed by atoms with Gasteiger partial charge in [0.2, 0.25) is 0 Å². The number of anilines is 1. The van der Waals surface area contributed by atoms with E-state index in [1.807, 2.05) is 13.0 Å². The molecule has 0 fully saturated rings. The van der Waals surface area contributed by atoms with Crippen molar-refractivity contribution in [3.63, 3.8) is 0 Å². The van der Waals surface area contributed by atoms with Gasteiger partial charge in [0.25, 0.3) is 5.91 Å². The topological polar surface area (TPSA) is 84.9 Å². The van der Waals surface area contributed by atoms with Crippen LogP contribution in [0, 0.1) is 6.92 Å². The maximum absolute atomic E-state index is 12.4. The van der Waals surface area contributed by atoms with E-state index in [9.17, 15) is 9.59 Å². The molecule has 2 aromatic carbocycles. The molecule has 0 aromatic heterocycles. The second kappa shape index (κ2) is 8.73. The van der Waals surface area contributed by atoms with Crippen molar-refractivity contribution in [2.75, 3.05) is 19.0 Å². The molecule has 0 atom stereocenters. The Kier molecular flexibility index (Phi) is 6.39. The van der Waals surface area contributed by atoms with Crippen molar-refractivity contribution in [2.24, 2.45) is 0 Å². The number of amides is 1. The number of carboxylic acid groups (broad SMARTS) is 1. The number of rotatable bonds is 8. The number of hydrogen-bond donors (Lipinski definition) is 2. The van der Waals surface area contributed by atoms with Gasteiger partial charge in [-0.15, -0.1) is 0 Å². The summed E-state index contributed by atoms with van der Waals surface area (Å²) in [6.07, 6.45) is 0.528. The van der Waals surface area contributed by atoms with Gasteiger partial charge >= 0.3 is 5.97 Å². The highest BCUT2D eigenvalue weighted by molar-refractivity contribution is 6.05. The summed E-state index contributed by atoms with van der Waals surface area (Å²) in [7, 11) is 1.58. The fourth-order valence-corrected chi connectivity index (χ4v) is 2.26. The Morgan fingerprint density at radius 1 is 1.08 bits per heavy atom. The van der Waals surface area contributed by atoms with E-state index in [0.717, 1.165) is 5.56 Å². The zero-order chi connectivity index (χ0) is 18.2. The number of aryl methyl sites for hydroxylation is 1. The Bertz CT molecular complexity index is 740. The smallest absolute Gasteiger partial charge is 0.303 e. The molecule has 0 radical (unpaired) electrons. The van der Waals surface area contributed by atoms with Crippen molar-refractivity contribution < 1.29 is 24.2 Å². The van der Waals surface area contributed by atoms with Crippen molar-refractivity contribution in [3.05, 3.63) is 53.6 Å². The van der Waals surface area contributed by atoms with E-state index in [1.165, 1.54) is 0 Å². The average Bonchev–Trinajstić information content (AvgIpc) is 2.59. The van der Waals surface area contributed by atoms with Gasteiger partial charge in [0.05, 0.1) is 13.7 Å². The number of methoxy groups -OCH3 is 1. The van der Waals surface area contributed by atoms with E-state index in [0.29, 0.717) is 35.8 Å². The summed E-state index contributed by atoms with van der Waals surface area (Å²) >= 11 is 0. The normalized spacial score (nSPS) is 10.2. The van der Waals surface area contributed by atoms with Gasteiger partial charge in [-0.05, 0) is 61.4 Å². The molecule has 0 spiro atoms. The van der Waals surface area contributed by atoms with Gasteiger partial charge in [0.1, 0.15) is 11.5 Å². The molecule has 1 amide bonds. The first-order chi connectivity index (χ1) is 12.0. The first-order valence-electron chi connectivity index (χ1n) is 7.90. The quantitative estimate of drug-likeness (QED) is 0.717. The van der Waals surface area contributed by atoms with E-state index in [1.54, 1.807) is 43.5 Å². The number of benzene rings is 2. The van der Waals surface area contributed by atoms with E-state index in [2.05, 4.69) is 5.32 Å². The summed E-state index contributed by atoms with van der Waals surface area (Å²) in [4.78, 5) is 22.8. The van der Waals surface area contributed by atoms with Crippen molar-refractivity contribution in [2.45, 2.75) is 19.8 Å². The number of carboxylic acids is 1. The molecule has 0 saturated heterocycles. The van der Waals surface area contributed by atoms with Crippen LogP contribution in [0.4, 0.5) is 5.69 Å². The lowest BCUT2D eigenvalue weighted by Crippen LogP contribution is -2.13. The van der Waals surface area contributed by atoms with Gasteiger partial charge in [-0.3, -0.25) is 9.59 Å². The Morgan fingerprint density at radius 2 is 1.76 bits per heavy atom. The van der Waals surface area contributed by atoms with Crippen LogP contribution in [-0.4, -0.2) is 30.7 Å². The molecule has 2 aromatic rings. The summed E-state index contributed by atoms with van der Waals surface area (Å²) in [6, 6.07) is 12.2. The molecule has 132 valence electrons. The van der Waals surface area contributed by atoms with Crippen LogP contribution in [0.15, 0.2) is 42.5 Å². The molecule has 6 nitrogen and oxygen atoms in total. The minimum atomic E-state index is -0.838. The van der Waals surface area contributed by atoms with Crippen molar-refractivity contribution in [1.29, 1.82) is 0 Å². The van der Waals surface area contributed by atoms with Gasteiger partial charge in [0.15, 0.2) is 0 Å². The first-order valence-corrected chi connectivity index (χ1v) is 7.90. The highest BCUT2D eigenvalue weighted by Crippen LogP contribution is 2.20. The first kappa shape index (κ1) is 18.3. The third-order valence-electron chi connectivity index (χ3n) is 3.59. The predicted octanol–water partition coefficient (Wildman–Crippen LogP) is 3.50. The fraction of sp³-hybridized carbons (Fsp3) is 0.263. The summed E-state index contributed by atoms with van der Waals surface area (Å²) in [5, 5.41) is 11.4. The lowest BCUT2D eigenvalue weighted by molar-refractivity contribution is -0.137. The van der Waals surface area contributed by atoms with E-state index < -0.39 is 5.97 Å². The molecule has 2 rings (SSSR count). The number of ether oxygens (including phenoxy) is 2. The van der Waals surface area contributed by atoms with Crippen LogP contribution in [0.3, 0.4) is 0 Å². The lowest BCUT2D eigenvalue weighted by Gasteiger charge is -2.10. The van der Waals surface area contributed by atoms with Crippen LogP contribution in [0.5, 0.6) is 11.5 Å². The third-order valence-corrected chi connectivity index (χ3v) is 3.59. The average molecular weight is 343 g/mol. The van der Waals surface area contributed by atoms with Crippen LogP contribution >= 0.6 is 0 Å². The molecule has 0 bridgehead atoms. The van der Waals surface area contributed by atoms with Gasteiger partial charge in [-0.25, -0.2) is 0 Å². The van der Waals surface area contributed by atoms with Crippen molar-refractivity contribution in [3.8, 4) is 11.5 Å². The second-order valence-electron chi connectivity index (χ2n) is 5.51. The predicted molar refractivity (Wildman–Crippen MR) is 94.5 cm³/mol. The van der Waals surface area contributed by atoms with Crippen LogP contribution in [-0.2, 0) is 4.79 Å². The zero-order valence-corrected chi connectivity index (χ0v) is 14.2. The minimum absolute atomic E-state index is 0.0787. The van der Waals surface area contributed by atoms with Crippen LogP contribution < -0.4 is 14.8 Å². The highest BCUT2D eigenvalue weighted by Gasteiger charge is 2.10. The number of hydrogen-bond acceptors (Lipinski definition) is 4. The molecule has 0 aliphatic carbocycles. The van der Waals surface area contributed by atoms with Crippen molar-refractivity contribution >= 4 is 17.6 Å². The SMILES string of the molecule is COc1ccc(C(=O)Nc2ccc(OCCCC(=O)O)cc2)c(C)c1. The van der Waals surface area contributed by atoms with Gasteiger partial charge in [0, 0.05) is 17.7 Å². The monoisotopic (exact) mass is 343 g/mol. The Balaban J connectivity index is 1.92. The van der Waals surface area contributed by atoms with Crippen LogP contribution in [0.1, 0.15) is 28.8 Å². The fourth-order valence-electron chi connectivity index (χ4n) is 2.26. The summed E-state index contributed by atoms with van der Waals surface area (Å²) in [6.45, 7) is 2.19. The third kappa shape index (κ3) is 5.53. The Hall–Kier alpha value is -3.02. The molecule has 2 N–H and O–H groups in total. The van der Waals surface area contributed by atoms with E-state index >= 15 is 0 Å². The Labute approximate surface area is 146 Å². The van der Waals surface area contributed by atoms with Gasteiger partial charge in [-0.1, -0.05) is 0 Å². The minimum Gasteiger partial charge on any atom is -0.497 e. The standard InChI is InChI=1S/C19H21NO5/c1-13-12-16(24-2)9-10-17(13)19(23)20-14-5-7-15(8-6-14)25-11-3-4-18(21)22/h5-10,12H,3-4,11H2,1-2H3,(H,20,23)(H,21,22). The summed E-state index contributed by atoms with van der Waals surface area (Å²) < 4.78 is 10.6. The maximum Gasteiger partial charge on any atom is 0.303 e. The molecule has 6 heteroatoms. The molecule has 0 aliphatic heterocycles. The number of nitrogens with one attached hydrogen (secondary N) is 1. The molecular weight excluding hydrogens is 322 g/mol. The maximum atomic E-state index is 12.4.